The molecule has 2 fully saturated rings. The minimum atomic E-state index is 0.616. The van der Waals surface area contributed by atoms with E-state index in [0.717, 1.165) is 39.1 Å². The smallest absolute Gasteiger partial charge is 0.0692 e. The van der Waals surface area contributed by atoms with Crippen LogP contribution in [0, 0.1) is 0 Å². The molecule has 3 rings (SSSR count). The van der Waals surface area contributed by atoms with Crippen LogP contribution in [0.25, 0.3) is 0 Å². The fourth-order valence-electron chi connectivity index (χ4n) is 2.64. The molecule has 16 heavy (non-hydrogen) atoms. The number of hydrogen-bond donors (Lipinski definition) is 1. The Morgan fingerprint density at radius 3 is 2.69 bits per heavy atom. The van der Waals surface area contributed by atoms with Gasteiger partial charge in [-0.2, -0.15) is 5.10 Å². The molecule has 3 heterocycles. The molecule has 4 heteroatoms. The van der Waals surface area contributed by atoms with Gasteiger partial charge in [0.15, 0.2) is 0 Å². The molecule has 1 aromatic rings. The molecule has 0 saturated carbocycles. The standard InChI is InChI=1S/C12H19N3O/c1-15-8-11(10-6-13-7-10)12(14-15)9-2-4-16-5-3-9/h8-10,13H,2-7H2,1H3. The van der Waals surface area contributed by atoms with Gasteiger partial charge >= 0.3 is 0 Å². The van der Waals surface area contributed by atoms with E-state index in [1.165, 1.54) is 11.3 Å². The summed E-state index contributed by atoms with van der Waals surface area (Å²) < 4.78 is 7.39. The summed E-state index contributed by atoms with van der Waals surface area (Å²) in [6.45, 7) is 4.01. The van der Waals surface area contributed by atoms with Crippen molar-refractivity contribution in [1.29, 1.82) is 0 Å². The van der Waals surface area contributed by atoms with Crippen LogP contribution >= 0.6 is 0 Å². The summed E-state index contributed by atoms with van der Waals surface area (Å²) in [7, 11) is 2.03. The van der Waals surface area contributed by atoms with Crippen LogP contribution in [0.4, 0.5) is 0 Å². The first kappa shape index (κ1) is 10.3. The largest absolute Gasteiger partial charge is 0.381 e. The topological polar surface area (TPSA) is 39.1 Å². The van der Waals surface area contributed by atoms with E-state index in [2.05, 4.69) is 16.6 Å². The third kappa shape index (κ3) is 1.76. The average molecular weight is 221 g/mol. The zero-order valence-electron chi connectivity index (χ0n) is 9.78. The number of nitrogens with zero attached hydrogens (tertiary/aromatic N) is 2. The molecule has 0 aliphatic carbocycles. The van der Waals surface area contributed by atoms with Gasteiger partial charge in [-0.15, -0.1) is 0 Å². The van der Waals surface area contributed by atoms with Gasteiger partial charge in [0.1, 0.15) is 0 Å². The lowest BCUT2D eigenvalue weighted by atomic mass is 9.87. The SMILES string of the molecule is Cn1cc(C2CNC2)c(C2CCOCC2)n1. The van der Waals surface area contributed by atoms with Crippen molar-refractivity contribution in [3.05, 3.63) is 17.5 Å². The number of aromatic nitrogens is 2. The molecule has 2 aliphatic heterocycles. The molecule has 0 aromatic carbocycles. The van der Waals surface area contributed by atoms with Crippen LogP contribution in [0.1, 0.15) is 35.9 Å². The van der Waals surface area contributed by atoms with Crippen LogP contribution in [-0.2, 0) is 11.8 Å². The minimum Gasteiger partial charge on any atom is -0.381 e. The first-order valence-electron chi connectivity index (χ1n) is 6.16. The first-order valence-corrected chi connectivity index (χ1v) is 6.16. The number of aryl methyl sites for hydroxylation is 1. The number of ether oxygens (including phenoxy) is 1. The van der Waals surface area contributed by atoms with Crippen molar-refractivity contribution in [2.45, 2.75) is 24.7 Å². The fourth-order valence-corrected chi connectivity index (χ4v) is 2.64. The van der Waals surface area contributed by atoms with Gasteiger partial charge in [0.2, 0.25) is 0 Å². The predicted molar refractivity (Wildman–Crippen MR) is 61.6 cm³/mol. The second kappa shape index (κ2) is 4.18. The molecule has 2 saturated heterocycles. The zero-order valence-corrected chi connectivity index (χ0v) is 9.78. The number of nitrogens with one attached hydrogen (secondary N) is 1. The summed E-state index contributed by atoms with van der Waals surface area (Å²) in [4.78, 5) is 0. The van der Waals surface area contributed by atoms with Gasteiger partial charge in [0.05, 0.1) is 5.69 Å². The van der Waals surface area contributed by atoms with E-state index in [0.29, 0.717) is 11.8 Å². The monoisotopic (exact) mass is 221 g/mol. The lowest BCUT2D eigenvalue weighted by Gasteiger charge is -2.29. The van der Waals surface area contributed by atoms with Gasteiger partial charge in [0.25, 0.3) is 0 Å². The maximum atomic E-state index is 5.42. The second-order valence-corrected chi connectivity index (χ2v) is 4.89. The molecule has 2 aliphatic rings. The van der Waals surface area contributed by atoms with E-state index in [9.17, 15) is 0 Å². The quantitative estimate of drug-likeness (QED) is 0.810. The Morgan fingerprint density at radius 1 is 1.31 bits per heavy atom. The van der Waals surface area contributed by atoms with Crippen LogP contribution < -0.4 is 5.32 Å². The maximum absolute atomic E-state index is 5.42. The van der Waals surface area contributed by atoms with Gasteiger partial charge in [-0.1, -0.05) is 0 Å². The summed E-state index contributed by atoms with van der Waals surface area (Å²) in [5.74, 6) is 1.30. The Kier molecular flexibility index (Phi) is 2.69. The van der Waals surface area contributed by atoms with Crippen molar-refractivity contribution in [3.8, 4) is 0 Å². The van der Waals surface area contributed by atoms with Crippen molar-refractivity contribution in [3.63, 3.8) is 0 Å². The van der Waals surface area contributed by atoms with Gasteiger partial charge in [-0.3, -0.25) is 4.68 Å². The molecule has 0 bridgehead atoms. The lowest BCUT2D eigenvalue weighted by molar-refractivity contribution is 0.0841. The second-order valence-electron chi connectivity index (χ2n) is 4.89. The van der Waals surface area contributed by atoms with E-state index in [1.807, 2.05) is 11.7 Å². The Bertz CT molecular complexity index is 364. The molecular weight excluding hydrogens is 202 g/mol. The molecule has 4 nitrogen and oxygen atoms in total. The molecular formula is C12H19N3O. The highest BCUT2D eigenvalue weighted by Gasteiger charge is 2.28. The molecule has 1 N–H and O–H groups in total. The molecule has 1 aromatic heterocycles. The number of hydrogen-bond acceptors (Lipinski definition) is 3. The molecule has 0 atom stereocenters. The third-order valence-electron chi connectivity index (χ3n) is 3.72. The molecule has 0 unspecified atom stereocenters. The highest BCUT2D eigenvalue weighted by molar-refractivity contribution is 5.28. The Morgan fingerprint density at radius 2 is 2.06 bits per heavy atom. The van der Waals surface area contributed by atoms with Crippen molar-refractivity contribution < 1.29 is 4.74 Å². The molecule has 88 valence electrons. The lowest BCUT2D eigenvalue weighted by Crippen LogP contribution is -2.40. The summed E-state index contributed by atoms with van der Waals surface area (Å²) in [5.41, 5.74) is 2.80. The van der Waals surface area contributed by atoms with Crippen molar-refractivity contribution in [2.24, 2.45) is 7.05 Å². The van der Waals surface area contributed by atoms with E-state index >= 15 is 0 Å². The summed E-state index contributed by atoms with van der Waals surface area (Å²) in [6.07, 6.45) is 4.46. The van der Waals surface area contributed by atoms with Crippen LogP contribution in [0.3, 0.4) is 0 Å². The van der Waals surface area contributed by atoms with Gasteiger partial charge in [-0.25, -0.2) is 0 Å². The maximum Gasteiger partial charge on any atom is 0.0692 e. The fraction of sp³-hybridized carbons (Fsp3) is 0.750. The van der Waals surface area contributed by atoms with E-state index in [-0.39, 0.29) is 0 Å². The van der Waals surface area contributed by atoms with Crippen LogP contribution in [0.5, 0.6) is 0 Å². The van der Waals surface area contributed by atoms with Gasteiger partial charge in [-0.05, 0) is 18.4 Å². The van der Waals surface area contributed by atoms with E-state index < -0.39 is 0 Å². The van der Waals surface area contributed by atoms with Crippen LogP contribution in [-0.4, -0.2) is 36.1 Å². The first-order chi connectivity index (χ1) is 7.84. The highest BCUT2D eigenvalue weighted by Crippen LogP contribution is 2.32. The molecule has 0 radical (unpaired) electrons. The van der Waals surface area contributed by atoms with E-state index in [4.69, 9.17) is 4.74 Å². The van der Waals surface area contributed by atoms with Gasteiger partial charge < -0.3 is 10.1 Å². The summed E-state index contributed by atoms with van der Waals surface area (Å²) in [5, 5.41) is 8.01. The number of rotatable bonds is 2. The Labute approximate surface area is 96.0 Å². The van der Waals surface area contributed by atoms with Gasteiger partial charge in [0, 0.05) is 51.4 Å². The normalized spacial score (nSPS) is 23.3. The third-order valence-corrected chi connectivity index (χ3v) is 3.72. The van der Waals surface area contributed by atoms with E-state index in [1.54, 1.807) is 0 Å². The van der Waals surface area contributed by atoms with Crippen molar-refractivity contribution >= 4 is 0 Å². The predicted octanol–water partition coefficient (Wildman–Crippen LogP) is 1.00. The molecule has 0 spiro atoms. The summed E-state index contributed by atoms with van der Waals surface area (Å²) >= 11 is 0. The summed E-state index contributed by atoms with van der Waals surface area (Å²) in [6, 6.07) is 0. The van der Waals surface area contributed by atoms with Crippen LogP contribution in [0.2, 0.25) is 0 Å². The Hall–Kier alpha value is -0.870. The average Bonchev–Trinajstić information content (AvgIpc) is 2.59. The minimum absolute atomic E-state index is 0.616. The van der Waals surface area contributed by atoms with Crippen LogP contribution in [0.15, 0.2) is 6.20 Å². The highest BCUT2D eigenvalue weighted by atomic mass is 16.5. The molecule has 0 amide bonds. The van der Waals surface area contributed by atoms with Crippen molar-refractivity contribution in [2.75, 3.05) is 26.3 Å². The zero-order chi connectivity index (χ0) is 11.0. The van der Waals surface area contributed by atoms with Crippen molar-refractivity contribution in [1.82, 2.24) is 15.1 Å². The Balaban J connectivity index is 1.85.